The molecule has 0 atom stereocenters. The minimum Gasteiger partial charge on any atom is -0.365 e. The molecule has 0 saturated heterocycles. The largest absolute Gasteiger partial charge is 0.365 e. The van der Waals surface area contributed by atoms with E-state index in [1.54, 1.807) is 12.4 Å². The third kappa shape index (κ3) is 4.91. The van der Waals surface area contributed by atoms with Crippen molar-refractivity contribution in [2.24, 2.45) is 0 Å². The summed E-state index contributed by atoms with van der Waals surface area (Å²) < 4.78 is 0. The van der Waals surface area contributed by atoms with Gasteiger partial charge in [-0.1, -0.05) is 55.9 Å². The average molecular weight is 409 g/mol. The minimum atomic E-state index is -1.45. The van der Waals surface area contributed by atoms with Gasteiger partial charge < -0.3 is 5.32 Å². The number of fused-ring (bicyclic) bond motifs is 1. The van der Waals surface area contributed by atoms with Gasteiger partial charge in [0, 0.05) is 35.5 Å². The molecule has 0 aliphatic rings. The van der Waals surface area contributed by atoms with Crippen molar-refractivity contribution in [3.63, 3.8) is 0 Å². The molecule has 0 aliphatic carbocycles. The Kier molecular flexibility index (Phi) is 5.60. The predicted molar refractivity (Wildman–Crippen MR) is 127 cm³/mol. The lowest BCUT2D eigenvalue weighted by atomic mass is 10.1. The Morgan fingerprint density at radius 2 is 1.77 bits per heavy atom. The summed E-state index contributed by atoms with van der Waals surface area (Å²) in [7, 11) is -1.45. The van der Waals surface area contributed by atoms with E-state index >= 15 is 0 Å². The molecule has 0 bridgehead atoms. The van der Waals surface area contributed by atoms with Gasteiger partial charge in [-0.15, -0.1) is 5.54 Å². The van der Waals surface area contributed by atoms with Crippen LogP contribution >= 0.6 is 0 Å². The first-order chi connectivity index (χ1) is 14.5. The van der Waals surface area contributed by atoms with Crippen LogP contribution in [-0.4, -0.2) is 23.0 Å². The van der Waals surface area contributed by atoms with Crippen LogP contribution in [0.2, 0.25) is 19.6 Å². The van der Waals surface area contributed by atoms with E-state index in [0.717, 1.165) is 27.8 Å². The summed E-state index contributed by atoms with van der Waals surface area (Å²) in [5.74, 6) is 4.81. The second kappa shape index (κ2) is 8.48. The molecular weight excluding hydrogens is 384 g/mol. The molecule has 2 heterocycles. The maximum Gasteiger partial charge on any atom is 0.163 e. The zero-order valence-electron chi connectivity index (χ0n) is 17.5. The maximum absolute atomic E-state index is 4.83. The molecule has 5 heteroatoms. The smallest absolute Gasteiger partial charge is 0.163 e. The van der Waals surface area contributed by atoms with Gasteiger partial charge in [-0.05, 0) is 35.9 Å². The number of pyridine rings is 1. The number of hydrogen-bond acceptors (Lipinski definition) is 4. The number of aromatic nitrogens is 3. The summed E-state index contributed by atoms with van der Waals surface area (Å²) in [6.07, 6.45) is 3.54. The lowest BCUT2D eigenvalue weighted by Crippen LogP contribution is -2.16. The van der Waals surface area contributed by atoms with Crippen LogP contribution in [0, 0.1) is 11.5 Å². The Balaban J connectivity index is 1.79. The summed E-state index contributed by atoms with van der Waals surface area (Å²) in [4.78, 5) is 13.8. The number of anilines is 1. The first-order valence-corrected chi connectivity index (χ1v) is 13.5. The van der Waals surface area contributed by atoms with E-state index < -0.39 is 8.07 Å². The fourth-order valence-corrected chi connectivity index (χ4v) is 3.53. The molecule has 2 aromatic heterocycles. The highest BCUT2D eigenvalue weighted by Crippen LogP contribution is 2.26. The highest BCUT2D eigenvalue weighted by atomic mass is 28.3. The molecule has 0 amide bonds. The van der Waals surface area contributed by atoms with Crippen molar-refractivity contribution in [3.05, 3.63) is 84.2 Å². The Morgan fingerprint density at radius 1 is 0.933 bits per heavy atom. The van der Waals surface area contributed by atoms with Crippen molar-refractivity contribution >= 4 is 24.8 Å². The fourth-order valence-electron chi connectivity index (χ4n) is 3.01. The fraction of sp³-hybridized carbons (Fsp3) is 0.160. The monoisotopic (exact) mass is 408 g/mol. The van der Waals surface area contributed by atoms with E-state index in [4.69, 9.17) is 9.97 Å². The molecule has 2 aromatic carbocycles. The van der Waals surface area contributed by atoms with Crippen molar-refractivity contribution in [2.45, 2.75) is 26.2 Å². The van der Waals surface area contributed by atoms with Crippen molar-refractivity contribution < 1.29 is 0 Å². The number of hydrogen-bond donors (Lipinski definition) is 1. The van der Waals surface area contributed by atoms with Crippen molar-refractivity contribution in [1.29, 1.82) is 0 Å². The zero-order valence-corrected chi connectivity index (χ0v) is 18.5. The van der Waals surface area contributed by atoms with Crippen LogP contribution in [0.4, 0.5) is 5.82 Å². The standard InChI is InChI=1S/C25H24N4Si/c1-30(2,3)15-13-19-11-12-23-22(16-19)25(27-17-20-8-5-4-6-9-20)29-24(28-23)21-10-7-14-26-18-21/h4-12,14,16,18H,17H2,1-3H3,(H,27,28,29). The van der Waals surface area contributed by atoms with Crippen LogP contribution in [0.15, 0.2) is 73.1 Å². The SMILES string of the molecule is C[Si](C)(C)C#Cc1ccc2nc(-c3cccnc3)nc(NCc3ccccc3)c2c1. The highest BCUT2D eigenvalue weighted by Gasteiger charge is 2.11. The van der Waals surface area contributed by atoms with Crippen molar-refractivity contribution in [1.82, 2.24) is 15.0 Å². The molecule has 0 fully saturated rings. The average Bonchev–Trinajstić information content (AvgIpc) is 2.76. The molecular formula is C25H24N4Si. The van der Waals surface area contributed by atoms with Crippen molar-refractivity contribution in [3.8, 4) is 22.9 Å². The lowest BCUT2D eigenvalue weighted by Gasteiger charge is -2.12. The number of nitrogens with one attached hydrogen (secondary N) is 1. The Morgan fingerprint density at radius 3 is 2.50 bits per heavy atom. The van der Waals surface area contributed by atoms with E-state index in [1.165, 1.54) is 5.56 Å². The molecule has 4 rings (SSSR count). The summed E-state index contributed by atoms with van der Waals surface area (Å²) in [6, 6.07) is 20.3. The minimum absolute atomic E-state index is 0.659. The Labute approximate surface area is 178 Å². The summed E-state index contributed by atoms with van der Waals surface area (Å²) in [5.41, 5.74) is 7.40. The Hall–Kier alpha value is -3.49. The first-order valence-electron chi connectivity index (χ1n) is 10.0. The van der Waals surface area contributed by atoms with Gasteiger partial charge in [0.05, 0.1) is 5.52 Å². The van der Waals surface area contributed by atoms with Crippen molar-refractivity contribution in [2.75, 3.05) is 5.32 Å². The van der Waals surface area contributed by atoms with Crippen LogP contribution in [0.5, 0.6) is 0 Å². The molecule has 0 spiro atoms. The molecule has 0 aliphatic heterocycles. The number of nitrogens with zero attached hydrogens (tertiary/aromatic N) is 3. The predicted octanol–water partition coefficient (Wildman–Crippen LogP) is 5.53. The third-order valence-corrected chi connectivity index (χ3v) is 5.38. The molecule has 30 heavy (non-hydrogen) atoms. The quantitative estimate of drug-likeness (QED) is 0.356. The zero-order chi connectivity index (χ0) is 21.0. The first kappa shape index (κ1) is 19.8. The van der Waals surface area contributed by atoms with E-state index in [-0.39, 0.29) is 0 Å². The van der Waals surface area contributed by atoms with Gasteiger partial charge in [0.15, 0.2) is 5.82 Å². The van der Waals surface area contributed by atoms with Gasteiger partial charge in [-0.25, -0.2) is 9.97 Å². The molecule has 0 radical (unpaired) electrons. The number of benzene rings is 2. The molecule has 0 saturated carbocycles. The van der Waals surface area contributed by atoms with Crippen LogP contribution in [0.25, 0.3) is 22.3 Å². The van der Waals surface area contributed by atoms with Gasteiger partial charge in [-0.2, -0.15) is 0 Å². The normalized spacial score (nSPS) is 11.0. The highest BCUT2D eigenvalue weighted by molar-refractivity contribution is 6.83. The molecule has 1 N–H and O–H groups in total. The van der Waals surface area contributed by atoms with Gasteiger partial charge in [0.25, 0.3) is 0 Å². The van der Waals surface area contributed by atoms with E-state index in [2.05, 4.69) is 59.6 Å². The topological polar surface area (TPSA) is 50.7 Å². The van der Waals surface area contributed by atoms with Gasteiger partial charge in [-0.3, -0.25) is 4.98 Å². The van der Waals surface area contributed by atoms with E-state index in [1.807, 2.05) is 42.5 Å². The van der Waals surface area contributed by atoms with Crippen LogP contribution < -0.4 is 5.32 Å². The van der Waals surface area contributed by atoms with E-state index in [9.17, 15) is 0 Å². The molecule has 4 nitrogen and oxygen atoms in total. The second-order valence-electron chi connectivity index (χ2n) is 8.21. The second-order valence-corrected chi connectivity index (χ2v) is 13.0. The maximum atomic E-state index is 4.83. The summed E-state index contributed by atoms with van der Waals surface area (Å²) in [6.45, 7) is 7.43. The van der Waals surface area contributed by atoms with Gasteiger partial charge in [0.1, 0.15) is 13.9 Å². The molecule has 0 unspecified atom stereocenters. The van der Waals surface area contributed by atoms with Crippen LogP contribution in [0.1, 0.15) is 11.1 Å². The molecule has 148 valence electrons. The lowest BCUT2D eigenvalue weighted by molar-refractivity contribution is 1.10. The van der Waals surface area contributed by atoms with Crippen LogP contribution in [-0.2, 0) is 6.54 Å². The Bertz CT molecular complexity index is 1220. The van der Waals surface area contributed by atoms with Gasteiger partial charge >= 0.3 is 0 Å². The van der Waals surface area contributed by atoms with E-state index in [0.29, 0.717) is 12.4 Å². The van der Waals surface area contributed by atoms with Crippen LogP contribution in [0.3, 0.4) is 0 Å². The number of rotatable bonds is 4. The summed E-state index contributed by atoms with van der Waals surface area (Å²) in [5, 5.41) is 4.48. The third-order valence-electron chi connectivity index (χ3n) is 4.50. The molecule has 4 aromatic rings. The summed E-state index contributed by atoms with van der Waals surface area (Å²) >= 11 is 0. The van der Waals surface area contributed by atoms with Gasteiger partial charge in [0.2, 0.25) is 0 Å².